The van der Waals surface area contributed by atoms with E-state index >= 15 is 0 Å². The van der Waals surface area contributed by atoms with Crippen molar-refractivity contribution in [3.8, 4) is 0 Å². The third kappa shape index (κ3) is 3.19. The number of nitro benzene ring substituents is 1. The second-order valence-electron chi connectivity index (χ2n) is 7.34. The van der Waals surface area contributed by atoms with Gasteiger partial charge in [-0.15, -0.1) is 0 Å². The number of aromatic nitrogens is 3. The number of nitrogens with zero attached hydrogens (tertiary/aromatic N) is 6. The van der Waals surface area contributed by atoms with Crippen molar-refractivity contribution in [1.82, 2.24) is 15.4 Å². The molecule has 0 fully saturated rings. The topological polar surface area (TPSA) is 133 Å². The monoisotopic (exact) mass is 377 g/mol. The zero-order chi connectivity index (χ0) is 20.4. The highest BCUT2D eigenvalue weighted by Gasteiger charge is 2.43. The van der Waals surface area contributed by atoms with Crippen LogP contribution in [0.1, 0.15) is 43.3 Å². The second kappa shape index (κ2) is 7.13. The van der Waals surface area contributed by atoms with Gasteiger partial charge in [-0.1, -0.05) is 68.4 Å². The van der Waals surface area contributed by atoms with Gasteiger partial charge in [-0.2, -0.15) is 15.4 Å². The van der Waals surface area contributed by atoms with E-state index in [0.29, 0.717) is 22.5 Å². The zero-order valence-electron chi connectivity index (χ0n) is 15.7. The van der Waals surface area contributed by atoms with Crippen LogP contribution in [0.15, 0.2) is 59.7 Å². The van der Waals surface area contributed by atoms with Crippen molar-refractivity contribution in [3.63, 3.8) is 0 Å². The lowest BCUT2D eigenvalue weighted by molar-refractivity contribution is -0.384. The molecule has 0 spiro atoms. The fourth-order valence-electron chi connectivity index (χ4n) is 3.20. The first-order valence-corrected chi connectivity index (χ1v) is 8.59. The molecule has 0 aliphatic heterocycles. The Morgan fingerprint density at radius 3 is 2.29 bits per heavy atom. The molecule has 1 atom stereocenters. The smallest absolute Gasteiger partial charge is 0.258 e. The first kappa shape index (κ1) is 19.1. The molecule has 0 amide bonds. The number of azide groups is 1. The zero-order valence-corrected chi connectivity index (χ0v) is 15.7. The van der Waals surface area contributed by atoms with Gasteiger partial charge in [0, 0.05) is 22.5 Å². The molecule has 1 N–H and O–H groups in total. The van der Waals surface area contributed by atoms with Crippen LogP contribution in [0.2, 0.25) is 0 Å². The minimum Gasteiger partial charge on any atom is -0.258 e. The maximum absolute atomic E-state index is 11.4. The predicted octanol–water partition coefficient (Wildman–Crippen LogP) is 4.61. The fourth-order valence-corrected chi connectivity index (χ4v) is 3.20. The lowest BCUT2D eigenvalue weighted by Gasteiger charge is -2.31. The van der Waals surface area contributed by atoms with Gasteiger partial charge in [0.1, 0.15) is 11.2 Å². The summed E-state index contributed by atoms with van der Waals surface area (Å²) in [6, 6.07) is 15.1. The van der Waals surface area contributed by atoms with Gasteiger partial charge in [0.2, 0.25) is 0 Å². The number of non-ortho nitro benzene ring substituents is 1. The molecule has 0 saturated heterocycles. The fraction of sp³-hybridized carbons (Fsp3) is 0.263. The molecule has 1 aromatic heterocycles. The Morgan fingerprint density at radius 1 is 1.04 bits per heavy atom. The van der Waals surface area contributed by atoms with Crippen LogP contribution in [0.4, 0.5) is 5.69 Å². The summed E-state index contributed by atoms with van der Waals surface area (Å²) in [6.07, 6.45) is 0. The molecule has 0 saturated carbocycles. The van der Waals surface area contributed by atoms with E-state index in [0.717, 1.165) is 0 Å². The first-order chi connectivity index (χ1) is 13.3. The highest BCUT2D eigenvalue weighted by molar-refractivity contribution is 5.52. The van der Waals surface area contributed by atoms with Crippen LogP contribution >= 0.6 is 0 Å². The van der Waals surface area contributed by atoms with Crippen LogP contribution in [-0.4, -0.2) is 20.3 Å². The molecule has 3 aromatic rings. The van der Waals surface area contributed by atoms with Crippen molar-refractivity contribution in [2.75, 3.05) is 0 Å². The molecule has 0 aliphatic carbocycles. The number of rotatable bonds is 5. The molecule has 2 aromatic carbocycles. The quantitative estimate of drug-likeness (QED) is 0.228. The van der Waals surface area contributed by atoms with Crippen LogP contribution in [0.5, 0.6) is 0 Å². The molecule has 142 valence electrons. The number of aromatic amines is 1. The number of H-pyrrole nitrogens is 1. The van der Waals surface area contributed by atoms with E-state index in [2.05, 4.69) is 25.4 Å². The summed E-state index contributed by atoms with van der Waals surface area (Å²) >= 11 is 0. The minimum absolute atomic E-state index is 0.105. The van der Waals surface area contributed by atoms with Gasteiger partial charge in [-0.25, -0.2) is 0 Å². The van der Waals surface area contributed by atoms with Gasteiger partial charge < -0.3 is 0 Å². The Labute approximate surface area is 161 Å². The van der Waals surface area contributed by atoms with Gasteiger partial charge in [0.25, 0.3) is 5.69 Å². The van der Waals surface area contributed by atoms with E-state index in [1.807, 2.05) is 39.0 Å². The van der Waals surface area contributed by atoms with Crippen LogP contribution in [0, 0.1) is 10.1 Å². The van der Waals surface area contributed by atoms with Crippen molar-refractivity contribution in [1.29, 1.82) is 0 Å². The molecule has 3 rings (SSSR count). The summed E-state index contributed by atoms with van der Waals surface area (Å²) in [6.45, 7) is 5.90. The van der Waals surface area contributed by atoms with Crippen molar-refractivity contribution < 1.29 is 4.92 Å². The summed E-state index contributed by atoms with van der Waals surface area (Å²) in [4.78, 5) is 14.0. The normalized spacial score (nSPS) is 13.4. The highest BCUT2D eigenvalue weighted by atomic mass is 16.6. The third-order valence-electron chi connectivity index (χ3n) is 4.46. The molecule has 1 unspecified atom stereocenters. The molecule has 9 nitrogen and oxygen atoms in total. The van der Waals surface area contributed by atoms with E-state index in [-0.39, 0.29) is 5.69 Å². The largest absolute Gasteiger partial charge is 0.269 e. The maximum Gasteiger partial charge on any atom is 0.269 e. The summed E-state index contributed by atoms with van der Waals surface area (Å²) in [5.74, 6) is 0. The van der Waals surface area contributed by atoms with Gasteiger partial charge in [-0.3, -0.25) is 10.1 Å². The van der Waals surface area contributed by atoms with Gasteiger partial charge in [0.15, 0.2) is 0 Å². The first-order valence-electron chi connectivity index (χ1n) is 8.59. The number of nitro groups is 1. The van der Waals surface area contributed by atoms with Gasteiger partial charge in [0.05, 0.1) is 10.6 Å². The lowest BCUT2D eigenvalue weighted by atomic mass is 9.76. The van der Waals surface area contributed by atoms with E-state index in [1.165, 1.54) is 12.1 Å². The molecule has 1 heterocycles. The van der Waals surface area contributed by atoms with E-state index < -0.39 is 15.9 Å². The van der Waals surface area contributed by atoms with Crippen LogP contribution in [0.25, 0.3) is 10.4 Å². The van der Waals surface area contributed by atoms with Crippen LogP contribution in [0.3, 0.4) is 0 Å². The predicted molar refractivity (Wildman–Crippen MR) is 104 cm³/mol. The van der Waals surface area contributed by atoms with E-state index in [9.17, 15) is 15.6 Å². The summed E-state index contributed by atoms with van der Waals surface area (Å²) < 4.78 is 0. The second-order valence-corrected chi connectivity index (χ2v) is 7.34. The summed E-state index contributed by atoms with van der Waals surface area (Å²) in [5.41, 5.74) is 9.61. The molecule has 28 heavy (non-hydrogen) atoms. The Bertz CT molecular complexity index is 1050. The van der Waals surface area contributed by atoms with Gasteiger partial charge in [-0.05, 0) is 16.7 Å². The van der Waals surface area contributed by atoms with Gasteiger partial charge >= 0.3 is 0 Å². The number of nitrogens with one attached hydrogen (secondary N) is 1. The van der Waals surface area contributed by atoms with E-state index in [1.54, 1.807) is 24.3 Å². The minimum atomic E-state index is -1.42. The molecule has 0 radical (unpaired) electrons. The standard InChI is InChI=1S/C19H19N7O2/c1-18(2,3)16-17(22-25-21-16)19(23-24-20,13-8-5-4-6-9-13)14-10-7-11-15(12-14)26(27)28/h4-12H,1-3H3,(H,21,22,25). The molecule has 9 heteroatoms. The van der Waals surface area contributed by atoms with Crippen molar-refractivity contribution in [2.24, 2.45) is 5.11 Å². The summed E-state index contributed by atoms with van der Waals surface area (Å²) in [7, 11) is 0. The van der Waals surface area contributed by atoms with Crippen molar-refractivity contribution in [3.05, 3.63) is 97.7 Å². The molecule has 0 aliphatic rings. The number of hydrogen-bond donors (Lipinski definition) is 1. The highest BCUT2D eigenvalue weighted by Crippen LogP contribution is 2.43. The summed E-state index contributed by atoms with van der Waals surface area (Å²) in [5, 5.41) is 26.8. The Hall–Kier alpha value is -3.71. The SMILES string of the molecule is CC(C)(C)c1n[nH]nc1C(N=[N+]=[N-])(c1ccccc1)c1cccc([N+](=O)[O-])c1. The van der Waals surface area contributed by atoms with Crippen molar-refractivity contribution in [2.45, 2.75) is 31.7 Å². The number of benzene rings is 2. The molecular weight excluding hydrogens is 358 g/mol. The average molecular weight is 377 g/mol. The number of hydrogen-bond acceptors (Lipinski definition) is 5. The lowest BCUT2D eigenvalue weighted by Crippen LogP contribution is -2.31. The van der Waals surface area contributed by atoms with Crippen LogP contribution < -0.4 is 0 Å². The van der Waals surface area contributed by atoms with Crippen LogP contribution in [-0.2, 0) is 11.0 Å². The maximum atomic E-state index is 11.4. The molecule has 0 bridgehead atoms. The Balaban J connectivity index is 2.44. The van der Waals surface area contributed by atoms with E-state index in [4.69, 9.17) is 0 Å². The van der Waals surface area contributed by atoms with Crippen molar-refractivity contribution >= 4 is 5.69 Å². The average Bonchev–Trinajstić information content (AvgIpc) is 3.17. The Morgan fingerprint density at radius 2 is 1.68 bits per heavy atom. The Kier molecular flexibility index (Phi) is 4.85. The third-order valence-corrected chi connectivity index (χ3v) is 4.46. The molecular formula is C19H19N7O2.